The maximum Gasteiger partial charge on any atom is 0.0262 e. The molecule has 0 amide bonds. The first-order valence-electron chi connectivity index (χ1n) is 2.55. The topological polar surface area (TPSA) is 0 Å². The molecule has 0 nitrogen and oxygen atoms in total. The maximum absolute atomic E-state index is 5.61. The summed E-state index contributed by atoms with van der Waals surface area (Å²) in [6, 6.07) is 8.75. The Bertz CT molecular complexity index is 203. The quantitative estimate of drug-likeness (QED) is 0.362. The van der Waals surface area contributed by atoms with E-state index in [4.69, 9.17) is 11.6 Å². The summed E-state index contributed by atoms with van der Waals surface area (Å²) in [6.07, 6.45) is 0. The molecule has 0 unspecified atom stereocenters. The van der Waals surface area contributed by atoms with E-state index >= 15 is 0 Å². The standard InChI is InChI=1S/C7H5ClI.W/c8-5-6-3-1-2-4-7(6)9;/h1,3-4H,5H2;/q-1;. The minimum Gasteiger partial charge on any atom is -0.183 e. The van der Waals surface area contributed by atoms with Crippen LogP contribution >= 0.6 is 34.2 Å². The zero-order chi connectivity index (χ0) is 6.69. The molecule has 0 aliphatic heterocycles. The summed E-state index contributed by atoms with van der Waals surface area (Å²) in [5, 5.41) is 0. The van der Waals surface area contributed by atoms with Crippen LogP contribution in [-0.4, -0.2) is 0 Å². The van der Waals surface area contributed by atoms with Crippen molar-refractivity contribution in [2.24, 2.45) is 0 Å². The largest absolute Gasteiger partial charge is 0.183 e. The van der Waals surface area contributed by atoms with Gasteiger partial charge in [-0.3, -0.25) is 0 Å². The van der Waals surface area contributed by atoms with E-state index in [1.807, 2.05) is 18.2 Å². The first kappa shape index (κ1) is 10.9. The Labute approximate surface area is 93.7 Å². The van der Waals surface area contributed by atoms with Gasteiger partial charge in [-0.15, -0.1) is 39.8 Å². The van der Waals surface area contributed by atoms with Gasteiger partial charge in [0.15, 0.2) is 0 Å². The third kappa shape index (κ3) is 2.89. The van der Waals surface area contributed by atoms with Crippen molar-refractivity contribution < 1.29 is 21.1 Å². The van der Waals surface area contributed by atoms with E-state index in [0.717, 1.165) is 0 Å². The van der Waals surface area contributed by atoms with Crippen LogP contribution in [0, 0.1) is 9.64 Å². The zero-order valence-corrected chi connectivity index (χ0v) is 11.0. The van der Waals surface area contributed by atoms with Crippen LogP contribution in [0.5, 0.6) is 0 Å². The molecule has 0 aliphatic rings. The Morgan fingerprint density at radius 2 is 2.30 bits per heavy atom. The molecule has 10 heavy (non-hydrogen) atoms. The molecule has 0 heterocycles. The number of benzene rings is 1. The van der Waals surface area contributed by atoms with Crippen LogP contribution in [0.25, 0.3) is 0 Å². The van der Waals surface area contributed by atoms with Crippen molar-refractivity contribution in [2.45, 2.75) is 5.88 Å². The van der Waals surface area contributed by atoms with Gasteiger partial charge in [0, 0.05) is 26.9 Å². The first-order chi connectivity index (χ1) is 4.34. The molecule has 3 heteroatoms. The second kappa shape index (κ2) is 5.56. The summed E-state index contributed by atoms with van der Waals surface area (Å²) in [5.74, 6) is 0.590. The average Bonchev–Trinajstić information content (AvgIpc) is 1.89. The number of rotatable bonds is 1. The number of halogens is 2. The van der Waals surface area contributed by atoms with Gasteiger partial charge in [-0.1, -0.05) is 3.57 Å². The second-order valence-electron chi connectivity index (χ2n) is 1.65. The smallest absolute Gasteiger partial charge is 0.0262 e. The second-order valence-corrected chi connectivity index (χ2v) is 3.08. The molecule has 1 rings (SSSR count). The fraction of sp³-hybridized carbons (Fsp3) is 0.143. The summed E-state index contributed by atoms with van der Waals surface area (Å²) < 4.78 is 1.19. The van der Waals surface area contributed by atoms with Crippen LogP contribution in [-0.2, 0) is 26.9 Å². The van der Waals surface area contributed by atoms with Crippen molar-refractivity contribution in [3.8, 4) is 0 Å². The first-order valence-corrected chi connectivity index (χ1v) is 4.16. The minimum absolute atomic E-state index is 0. The molecule has 0 atom stereocenters. The Balaban J connectivity index is 0.000000810. The molecule has 1 aromatic rings. The van der Waals surface area contributed by atoms with E-state index in [9.17, 15) is 0 Å². The third-order valence-electron chi connectivity index (χ3n) is 1.04. The van der Waals surface area contributed by atoms with Crippen LogP contribution in [0.4, 0.5) is 0 Å². The Morgan fingerprint density at radius 3 is 2.70 bits per heavy atom. The van der Waals surface area contributed by atoms with Gasteiger partial charge in [0.25, 0.3) is 0 Å². The Morgan fingerprint density at radius 1 is 1.60 bits per heavy atom. The van der Waals surface area contributed by atoms with Gasteiger partial charge >= 0.3 is 0 Å². The van der Waals surface area contributed by atoms with Crippen molar-refractivity contribution in [3.63, 3.8) is 0 Å². The van der Waals surface area contributed by atoms with Crippen LogP contribution < -0.4 is 0 Å². The SMILES string of the molecule is ClCc1cc[c-]cc1I.[W]. The van der Waals surface area contributed by atoms with Crippen molar-refractivity contribution in [2.75, 3.05) is 0 Å². The van der Waals surface area contributed by atoms with Gasteiger partial charge in [0.2, 0.25) is 0 Å². The summed E-state index contributed by atoms with van der Waals surface area (Å²) >= 11 is 7.86. The Hall–Kier alpha value is 0.928. The number of hydrogen-bond donors (Lipinski definition) is 0. The molecule has 0 aromatic heterocycles. The fourth-order valence-electron chi connectivity index (χ4n) is 0.551. The molecular formula is C7H5ClIW-. The molecule has 0 spiro atoms. The fourth-order valence-corrected chi connectivity index (χ4v) is 1.56. The molecular weight excluding hydrogens is 430 g/mol. The molecule has 0 radical (unpaired) electrons. The van der Waals surface area contributed by atoms with E-state index < -0.39 is 0 Å². The predicted molar refractivity (Wildman–Crippen MR) is 47.6 cm³/mol. The third-order valence-corrected chi connectivity index (χ3v) is 2.33. The molecule has 0 saturated heterocycles. The van der Waals surface area contributed by atoms with Gasteiger partial charge in [-0.2, -0.15) is 24.3 Å². The van der Waals surface area contributed by atoms with Gasteiger partial charge in [0.1, 0.15) is 0 Å². The molecule has 1 aromatic carbocycles. The zero-order valence-electron chi connectivity index (χ0n) is 5.10. The average molecular weight is 435 g/mol. The Kier molecular flexibility index (Phi) is 6.08. The molecule has 54 valence electrons. The van der Waals surface area contributed by atoms with Crippen LogP contribution in [0.3, 0.4) is 0 Å². The summed E-state index contributed by atoms with van der Waals surface area (Å²) in [4.78, 5) is 0. The van der Waals surface area contributed by atoms with Crippen molar-refractivity contribution in [1.82, 2.24) is 0 Å². The van der Waals surface area contributed by atoms with Crippen LogP contribution in [0.15, 0.2) is 18.2 Å². The van der Waals surface area contributed by atoms with Gasteiger partial charge in [-0.25, -0.2) is 0 Å². The molecule has 0 saturated carbocycles. The van der Waals surface area contributed by atoms with E-state index in [1.165, 1.54) is 9.13 Å². The van der Waals surface area contributed by atoms with Crippen LogP contribution in [0.2, 0.25) is 0 Å². The van der Waals surface area contributed by atoms with Crippen molar-refractivity contribution >= 4 is 34.2 Å². The van der Waals surface area contributed by atoms with E-state index in [1.54, 1.807) is 0 Å². The van der Waals surface area contributed by atoms with Gasteiger partial charge in [0.05, 0.1) is 0 Å². The van der Waals surface area contributed by atoms with Crippen molar-refractivity contribution in [3.05, 3.63) is 33.4 Å². The summed E-state index contributed by atoms with van der Waals surface area (Å²) in [5.41, 5.74) is 1.18. The van der Waals surface area contributed by atoms with Crippen LogP contribution in [0.1, 0.15) is 5.56 Å². The van der Waals surface area contributed by atoms with Crippen molar-refractivity contribution in [1.29, 1.82) is 0 Å². The molecule has 0 aliphatic carbocycles. The van der Waals surface area contributed by atoms with E-state index in [-0.39, 0.29) is 21.1 Å². The summed E-state index contributed by atoms with van der Waals surface area (Å²) in [6.45, 7) is 0. The van der Waals surface area contributed by atoms with E-state index in [2.05, 4.69) is 28.7 Å². The molecule has 0 bridgehead atoms. The minimum atomic E-state index is 0. The van der Waals surface area contributed by atoms with Gasteiger partial charge in [-0.05, 0) is 0 Å². The maximum atomic E-state index is 5.61. The normalized spacial score (nSPS) is 8.60. The predicted octanol–water partition coefficient (Wildman–Crippen LogP) is 2.83. The monoisotopic (exact) mass is 435 g/mol. The number of alkyl halides is 1. The molecule has 0 fully saturated rings. The van der Waals surface area contributed by atoms with E-state index in [0.29, 0.717) is 5.88 Å². The summed E-state index contributed by atoms with van der Waals surface area (Å²) in [7, 11) is 0. The molecule has 0 N–H and O–H groups in total. The number of hydrogen-bond acceptors (Lipinski definition) is 0. The van der Waals surface area contributed by atoms with Gasteiger partial charge < -0.3 is 0 Å².